The molecule has 0 saturated carbocycles. The normalized spacial score (nSPS) is 17.0. The van der Waals surface area contributed by atoms with Gasteiger partial charge in [0.05, 0.1) is 16.8 Å². The van der Waals surface area contributed by atoms with Crippen molar-refractivity contribution < 1.29 is 23.1 Å². The van der Waals surface area contributed by atoms with Crippen LogP contribution in [0.25, 0.3) is 0 Å². The Kier molecular flexibility index (Phi) is 4.41. The molecule has 0 bridgehead atoms. The van der Waals surface area contributed by atoms with Gasteiger partial charge in [-0.1, -0.05) is 6.92 Å². The molecule has 1 heterocycles. The molecule has 1 aliphatic rings. The highest BCUT2D eigenvalue weighted by atomic mass is 19.4. The molecule has 7 heteroatoms. The lowest BCUT2D eigenvalue weighted by Crippen LogP contribution is -2.46. The summed E-state index contributed by atoms with van der Waals surface area (Å²) in [4.78, 5) is 15.3. The molecule has 21 heavy (non-hydrogen) atoms. The van der Waals surface area contributed by atoms with Crippen LogP contribution in [0.1, 0.15) is 22.8 Å². The van der Waals surface area contributed by atoms with Crippen molar-refractivity contribution in [3.05, 3.63) is 29.3 Å². The van der Waals surface area contributed by atoms with Crippen LogP contribution in [-0.2, 0) is 6.18 Å². The van der Waals surface area contributed by atoms with Crippen LogP contribution in [0.15, 0.2) is 18.2 Å². The minimum absolute atomic E-state index is 0.297. The molecule has 1 aromatic carbocycles. The first-order valence-electron chi connectivity index (χ1n) is 6.74. The second-order valence-corrected chi connectivity index (χ2v) is 4.96. The lowest BCUT2D eigenvalue weighted by atomic mass is 10.1. The average Bonchev–Trinajstić information content (AvgIpc) is 2.45. The lowest BCUT2D eigenvalue weighted by Gasteiger charge is -2.36. The summed E-state index contributed by atoms with van der Waals surface area (Å²) in [7, 11) is 0. The zero-order chi connectivity index (χ0) is 15.6. The summed E-state index contributed by atoms with van der Waals surface area (Å²) in [6, 6.07) is 2.91. The van der Waals surface area contributed by atoms with Gasteiger partial charge in [-0.05, 0) is 24.7 Å². The number of aromatic carboxylic acids is 1. The van der Waals surface area contributed by atoms with E-state index in [2.05, 4.69) is 4.90 Å². The molecule has 1 fully saturated rings. The van der Waals surface area contributed by atoms with Crippen molar-refractivity contribution in [2.45, 2.75) is 13.1 Å². The fourth-order valence-electron chi connectivity index (χ4n) is 2.46. The summed E-state index contributed by atoms with van der Waals surface area (Å²) < 4.78 is 38.1. The predicted octanol–water partition coefficient (Wildman–Crippen LogP) is 2.55. The topological polar surface area (TPSA) is 43.8 Å². The minimum atomic E-state index is -4.54. The number of carboxylic acids is 1. The van der Waals surface area contributed by atoms with Gasteiger partial charge in [-0.15, -0.1) is 0 Å². The summed E-state index contributed by atoms with van der Waals surface area (Å²) in [5, 5.41) is 9.18. The number of alkyl halides is 3. The SMILES string of the molecule is CCN1CCN(c2ccc(C(F)(F)F)cc2C(=O)O)CC1. The van der Waals surface area contributed by atoms with Gasteiger partial charge in [-0.25, -0.2) is 4.79 Å². The van der Waals surface area contributed by atoms with Gasteiger partial charge in [0, 0.05) is 26.2 Å². The zero-order valence-electron chi connectivity index (χ0n) is 11.7. The highest BCUT2D eigenvalue weighted by Gasteiger charge is 2.32. The molecular weight excluding hydrogens is 285 g/mol. The Labute approximate surface area is 120 Å². The van der Waals surface area contributed by atoms with Crippen LogP contribution in [0.4, 0.5) is 18.9 Å². The van der Waals surface area contributed by atoms with E-state index < -0.39 is 17.7 Å². The molecular formula is C14H17F3N2O2. The number of benzene rings is 1. The summed E-state index contributed by atoms with van der Waals surface area (Å²) in [6.07, 6.45) is -4.54. The first-order chi connectivity index (χ1) is 9.82. The van der Waals surface area contributed by atoms with Crippen LogP contribution < -0.4 is 4.90 Å². The van der Waals surface area contributed by atoms with Crippen LogP contribution in [0.2, 0.25) is 0 Å². The molecule has 0 unspecified atom stereocenters. The summed E-state index contributed by atoms with van der Waals surface area (Å²) >= 11 is 0. The molecule has 116 valence electrons. The maximum Gasteiger partial charge on any atom is 0.416 e. The van der Waals surface area contributed by atoms with Gasteiger partial charge in [0.25, 0.3) is 0 Å². The molecule has 4 nitrogen and oxygen atoms in total. The van der Waals surface area contributed by atoms with Crippen LogP contribution in [-0.4, -0.2) is 48.7 Å². The number of piperazine rings is 1. The van der Waals surface area contributed by atoms with Crippen LogP contribution in [0.3, 0.4) is 0 Å². The van der Waals surface area contributed by atoms with E-state index in [0.29, 0.717) is 24.8 Å². The van der Waals surface area contributed by atoms with Gasteiger partial charge in [0.1, 0.15) is 0 Å². The number of rotatable bonds is 3. The first-order valence-corrected chi connectivity index (χ1v) is 6.74. The highest BCUT2D eigenvalue weighted by Crippen LogP contribution is 2.33. The standard InChI is InChI=1S/C14H17F3N2O2/c1-2-18-5-7-19(8-6-18)12-4-3-10(14(15,16)17)9-11(12)13(20)21/h3-4,9H,2,5-8H2,1H3,(H,20,21). The van der Waals surface area contributed by atoms with E-state index in [4.69, 9.17) is 0 Å². The van der Waals surface area contributed by atoms with E-state index in [1.807, 2.05) is 11.8 Å². The Hall–Kier alpha value is -1.76. The molecule has 0 aromatic heterocycles. The van der Waals surface area contributed by atoms with Crippen molar-refractivity contribution in [3.8, 4) is 0 Å². The number of likely N-dealkylation sites (N-methyl/N-ethyl adjacent to an activating group) is 1. The second-order valence-electron chi connectivity index (χ2n) is 4.96. The number of hydrogen-bond donors (Lipinski definition) is 1. The molecule has 0 spiro atoms. The van der Waals surface area contributed by atoms with E-state index in [9.17, 15) is 23.1 Å². The molecule has 0 amide bonds. The molecule has 1 aliphatic heterocycles. The van der Waals surface area contributed by atoms with Crippen LogP contribution in [0, 0.1) is 0 Å². The Morgan fingerprint density at radius 3 is 2.33 bits per heavy atom. The summed E-state index contributed by atoms with van der Waals surface area (Å²) in [5.74, 6) is -1.34. The fraction of sp³-hybridized carbons (Fsp3) is 0.500. The molecule has 1 aromatic rings. The van der Waals surface area contributed by atoms with Crippen molar-refractivity contribution in [3.63, 3.8) is 0 Å². The zero-order valence-corrected chi connectivity index (χ0v) is 11.7. The maximum atomic E-state index is 12.7. The van der Waals surface area contributed by atoms with Gasteiger partial charge >= 0.3 is 12.1 Å². The van der Waals surface area contributed by atoms with Crippen LogP contribution >= 0.6 is 0 Å². The largest absolute Gasteiger partial charge is 0.478 e. The van der Waals surface area contributed by atoms with Crippen molar-refractivity contribution in [1.29, 1.82) is 0 Å². The monoisotopic (exact) mass is 302 g/mol. The third kappa shape index (κ3) is 3.47. The number of halogens is 3. The minimum Gasteiger partial charge on any atom is -0.478 e. The predicted molar refractivity (Wildman–Crippen MR) is 72.7 cm³/mol. The van der Waals surface area contributed by atoms with E-state index in [-0.39, 0.29) is 5.56 Å². The third-order valence-corrected chi connectivity index (χ3v) is 3.71. The number of carbonyl (C=O) groups is 1. The van der Waals surface area contributed by atoms with E-state index in [0.717, 1.165) is 25.7 Å². The summed E-state index contributed by atoms with van der Waals surface area (Å²) in [5.41, 5.74) is -0.878. The Morgan fingerprint density at radius 2 is 1.86 bits per heavy atom. The third-order valence-electron chi connectivity index (χ3n) is 3.71. The molecule has 0 radical (unpaired) electrons. The first kappa shape index (κ1) is 15.6. The Bertz CT molecular complexity index is 523. The van der Waals surface area contributed by atoms with Crippen molar-refractivity contribution in [2.24, 2.45) is 0 Å². The Morgan fingerprint density at radius 1 is 1.24 bits per heavy atom. The number of carboxylic acid groups (broad SMARTS) is 1. The molecule has 2 rings (SSSR count). The second kappa shape index (κ2) is 5.93. The van der Waals surface area contributed by atoms with E-state index >= 15 is 0 Å². The fourth-order valence-corrected chi connectivity index (χ4v) is 2.46. The maximum absolute atomic E-state index is 12.7. The lowest BCUT2D eigenvalue weighted by molar-refractivity contribution is -0.137. The molecule has 0 aliphatic carbocycles. The highest BCUT2D eigenvalue weighted by molar-refractivity contribution is 5.94. The number of anilines is 1. The smallest absolute Gasteiger partial charge is 0.416 e. The van der Waals surface area contributed by atoms with Gasteiger partial charge in [-0.2, -0.15) is 13.2 Å². The van der Waals surface area contributed by atoms with E-state index in [1.54, 1.807) is 0 Å². The average molecular weight is 302 g/mol. The van der Waals surface area contributed by atoms with Crippen molar-refractivity contribution in [2.75, 3.05) is 37.6 Å². The van der Waals surface area contributed by atoms with Gasteiger partial charge < -0.3 is 14.9 Å². The molecule has 1 saturated heterocycles. The van der Waals surface area contributed by atoms with Gasteiger partial charge in [-0.3, -0.25) is 0 Å². The number of nitrogens with zero attached hydrogens (tertiary/aromatic N) is 2. The van der Waals surface area contributed by atoms with E-state index in [1.165, 1.54) is 6.07 Å². The molecule has 0 atom stereocenters. The van der Waals surface area contributed by atoms with Crippen molar-refractivity contribution in [1.82, 2.24) is 4.90 Å². The van der Waals surface area contributed by atoms with Gasteiger partial charge in [0.2, 0.25) is 0 Å². The van der Waals surface area contributed by atoms with Crippen molar-refractivity contribution >= 4 is 11.7 Å². The van der Waals surface area contributed by atoms with Crippen LogP contribution in [0.5, 0.6) is 0 Å². The summed E-state index contributed by atoms with van der Waals surface area (Å²) in [6.45, 7) is 5.72. The quantitative estimate of drug-likeness (QED) is 0.932. The Balaban J connectivity index is 2.29. The number of hydrogen-bond acceptors (Lipinski definition) is 3. The molecule has 1 N–H and O–H groups in total. The van der Waals surface area contributed by atoms with Gasteiger partial charge in [0.15, 0.2) is 0 Å².